The number of nitrogens with zero attached hydrogens (tertiary/aromatic N) is 5. The monoisotopic (exact) mass is 423 g/mol. The van der Waals surface area contributed by atoms with E-state index in [1.807, 2.05) is 0 Å². The normalized spacial score (nSPS) is 16.4. The zero-order valence-corrected chi connectivity index (χ0v) is 18.5. The van der Waals surface area contributed by atoms with Crippen molar-refractivity contribution in [2.75, 3.05) is 36.0 Å². The zero-order chi connectivity index (χ0) is 21.3. The molecule has 32 heavy (non-hydrogen) atoms. The van der Waals surface area contributed by atoms with Crippen molar-refractivity contribution < 1.29 is 0 Å². The van der Waals surface area contributed by atoms with Gasteiger partial charge in [0.1, 0.15) is 11.5 Å². The Bertz CT molecular complexity index is 1200. The zero-order valence-electron chi connectivity index (χ0n) is 18.5. The highest BCUT2D eigenvalue weighted by molar-refractivity contribution is 5.94. The van der Waals surface area contributed by atoms with Gasteiger partial charge in [-0.3, -0.25) is 0 Å². The number of aromatic nitrogens is 3. The van der Waals surface area contributed by atoms with E-state index in [9.17, 15) is 0 Å². The number of hydrogen-bond acceptors (Lipinski definition) is 4. The minimum Gasteiger partial charge on any atom is -0.356 e. The fourth-order valence-electron chi connectivity index (χ4n) is 5.10. The van der Waals surface area contributed by atoms with Gasteiger partial charge in [-0.15, -0.1) is 0 Å². The average Bonchev–Trinajstić information content (AvgIpc) is 3.62. The second-order valence-electron chi connectivity index (χ2n) is 8.94. The van der Waals surface area contributed by atoms with Crippen molar-refractivity contribution in [2.24, 2.45) is 0 Å². The summed E-state index contributed by atoms with van der Waals surface area (Å²) >= 11 is 0. The molecule has 0 saturated carbocycles. The first-order chi connectivity index (χ1) is 15.9. The van der Waals surface area contributed by atoms with Crippen LogP contribution in [0, 0.1) is 0 Å². The molecule has 4 aromatic rings. The summed E-state index contributed by atoms with van der Waals surface area (Å²) in [4.78, 5) is 15.2. The molecule has 0 unspecified atom stereocenters. The number of benzene rings is 2. The molecule has 5 heteroatoms. The van der Waals surface area contributed by atoms with Crippen LogP contribution in [0.2, 0.25) is 0 Å². The summed E-state index contributed by atoms with van der Waals surface area (Å²) in [5.74, 6) is 2.00. The van der Waals surface area contributed by atoms with Crippen LogP contribution in [0.3, 0.4) is 0 Å². The van der Waals surface area contributed by atoms with Crippen LogP contribution in [0.5, 0.6) is 0 Å². The molecule has 0 amide bonds. The van der Waals surface area contributed by atoms with Gasteiger partial charge < -0.3 is 14.4 Å². The highest BCUT2D eigenvalue weighted by atomic mass is 15.3. The average molecular weight is 424 g/mol. The lowest BCUT2D eigenvalue weighted by Gasteiger charge is -2.22. The maximum absolute atomic E-state index is 5.18. The van der Waals surface area contributed by atoms with Crippen molar-refractivity contribution in [1.82, 2.24) is 14.5 Å². The third kappa shape index (κ3) is 3.52. The van der Waals surface area contributed by atoms with Crippen LogP contribution in [0.1, 0.15) is 31.2 Å². The first-order valence-electron chi connectivity index (χ1n) is 11.9. The number of hydrogen-bond donors (Lipinski definition) is 0. The van der Waals surface area contributed by atoms with Crippen LogP contribution in [-0.4, -0.2) is 40.7 Å². The van der Waals surface area contributed by atoms with E-state index < -0.39 is 0 Å². The van der Waals surface area contributed by atoms with Crippen LogP contribution in [0.4, 0.5) is 11.8 Å². The highest BCUT2D eigenvalue weighted by Gasteiger charge is 2.25. The smallest absolute Gasteiger partial charge is 0.229 e. The van der Waals surface area contributed by atoms with Gasteiger partial charge in [0.15, 0.2) is 0 Å². The molecule has 2 saturated heterocycles. The Balaban J connectivity index is 1.58. The third-order valence-electron chi connectivity index (χ3n) is 6.77. The van der Waals surface area contributed by atoms with Crippen molar-refractivity contribution in [3.8, 4) is 11.3 Å². The summed E-state index contributed by atoms with van der Waals surface area (Å²) in [6.07, 6.45) is 4.92. The molecule has 2 aromatic carbocycles. The van der Waals surface area contributed by atoms with Gasteiger partial charge in [0.25, 0.3) is 0 Å². The largest absolute Gasteiger partial charge is 0.356 e. The Kier molecular flexibility index (Phi) is 5.02. The Labute approximate surface area is 189 Å². The lowest BCUT2D eigenvalue weighted by molar-refractivity contribution is 0.821. The van der Waals surface area contributed by atoms with E-state index in [0.29, 0.717) is 0 Å². The summed E-state index contributed by atoms with van der Waals surface area (Å²) < 4.78 is 2.39. The molecule has 0 atom stereocenters. The second-order valence-corrected chi connectivity index (χ2v) is 8.94. The van der Waals surface area contributed by atoms with Gasteiger partial charge in [-0.25, -0.2) is 0 Å². The van der Waals surface area contributed by atoms with Crippen molar-refractivity contribution in [3.05, 3.63) is 72.3 Å². The molecule has 5 nitrogen and oxygen atoms in total. The van der Waals surface area contributed by atoms with Gasteiger partial charge in [-0.05, 0) is 42.9 Å². The van der Waals surface area contributed by atoms with Crippen molar-refractivity contribution >= 4 is 22.8 Å². The molecule has 0 bridgehead atoms. The van der Waals surface area contributed by atoms with E-state index in [-0.39, 0.29) is 0 Å². The van der Waals surface area contributed by atoms with Crippen LogP contribution in [-0.2, 0) is 6.54 Å². The lowest BCUT2D eigenvalue weighted by atomic mass is 10.1. The van der Waals surface area contributed by atoms with E-state index in [2.05, 4.69) is 81.1 Å². The molecular formula is C27H29N5. The molecule has 6 rings (SSSR count). The first-order valence-corrected chi connectivity index (χ1v) is 11.9. The Hall–Kier alpha value is -3.34. The summed E-state index contributed by atoms with van der Waals surface area (Å²) in [7, 11) is 0. The lowest BCUT2D eigenvalue weighted by Crippen LogP contribution is -2.24. The molecule has 162 valence electrons. The van der Waals surface area contributed by atoms with Gasteiger partial charge in [0.05, 0.1) is 11.1 Å². The minimum absolute atomic E-state index is 0.796. The molecule has 2 aliphatic heterocycles. The molecule has 0 spiro atoms. The van der Waals surface area contributed by atoms with E-state index in [1.165, 1.54) is 47.9 Å². The van der Waals surface area contributed by atoms with Crippen LogP contribution in [0.15, 0.2) is 66.7 Å². The molecule has 4 heterocycles. The Morgan fingerprint density at radius 3 is 2.00 bits per heavy atom. The van der Waals surface area contributed by atoms with E-state index in [1.54, 1.807) is 0 Å². The number of rotatable bonds is 5. The molecular weight excluding hydrogens is 394 g/mol. The van der Waals surface area contributed by atoms with Crippen LogP contribution in [0.25, 0.3) is 22.3 Å². The first kappa shape index (κ1) is 19.4. The van der Waals surface area contributed by atoms with Gasteiger partial charge in [0.2, 0.25) is 5.95 Å². The van der Waals surface area contributed by atoms with Gasteiger partial charge in [0, 0.05) is 32.7 Å². The van der Waals surface area contributed by atoms with E-state index in [0.717, 1.165) is 50.1 Å². The maximum Gasteiger partial charge on any atom is 0.229 e. The van der Waals surface area contributed by atoms with Crippen molar-refractivity contribution in [2.45, 2.75) is 32.2 Å². The van der Waals surface area contributed by atoms with E-state index in [4.69, 9.17) is 9.97 Å². The summed E-state index contributed by atoms with van der Waals surface area (Å²) in [6, 6.07) is 23.7. The number of fused-ring (bicyclic) bond motifs is 1. The summed E-state index contributed by atoms with van der Waals surface area (Å²) in [6.45, 7) is 5.06. The Morgan fingerprint density at radius 2 is 1.31 bits per heavy atom. The van der Waals surface area contributed by atoms with Crippen molar-refractivity contribution in [1.29, 1.82) is 0 Å². The van der Waals surface area contributed by atoms with E-state index >= 15 is 0 Å². The predicted molar refractivity (Wildman–Crippen MR) is 131 cm³/mol. The van der Waals surface area contributed by atoms with Gasteiger partial charge in [-0.1, -0.05) is 60.7 Å². The highest BCUT2D eigenvalue weighted by Crippen LogP contribution is 2.36. The SMILES string of the molecule is c1ccc(Cn2c(-c3ccccc3)cc3c(N4CCCC4)nc(N4CCCC4)nc32)cc1. The second kappa shape index (κ2) is 8.30. The summed E-state index contributed by atoms with van der Waals surface area (Å²) in [5.41, 5.74) is 4.76. The fourth-order valence-corrected chi connectivity index (χ4v) is 5.10. The minimum atomic E-state index is 0.796. The molecule has 2 aliphatic rings. The molecule has 0 aliphatic carbocycles. The topological polar surface area (TPSA) is 37.2 Å². The number of anilines is 2. The predicted octanol–water partition coefficient (Wildman–Crippen LogP) is 5.35. The standard InChI is InChI=1S/C27H29N5/c1-3-11-21(12-4-1)20-32-24(22-13-5-2-6-14-22)19-23-25(30-15-7-8-16-30)28-27(29-26(23)32)31-17-9-10-18-31/h1-6,11-14,19H,7-10,15-18,20H2. The van der Waals surface area contributed by atoms with Gasteiger partial charge >= 0.3 is 0 Å². The fraction of sp³-hybridized carbons (Fsp3) is 0.333. The van der Waals surface area contributed by atoms with Crippen LogP contribution < -0.4 is 9.80 Å². The quantitative estimate of drug-likeness (QED) is 0.434. The Morgan fingerprint density at radius 1 is 0.688 bits per heavy atom. The third-order valence-corrected chi connectivity index (χ3v) is 6.77. The van der Waals surface area contributed by atoms with Gasteiger partial charge in [-0.2, -0.15) is 9.97 Å². The molecule has 0 radical (unpaired) electrons. The molecule has 0 N–H and O–H groups in total. The van der Waals surface area contributed by atoms with Crippen LogP contribution >= 0.6 is 0 Å². The van der Waals surface area contributed by atoms with Crippen molar-refractivity contribution in [3.63, 3.8) is 0 Å². The summed E-state index contributed by atoms with van der Waals surface area (Å²) in [5, 5.41) is 1.17. The maximum atomic E-state index is 5.18. The molecule has 2 aromatic heterocycles. The molecule has 2 fully saturated rings.